The minimum atomic E-state index is -0.669. The summed E-state index contributed by atoms with van der Waals surface area (Å²) >= 11 is 0. The highest BCUT2D eigenvalue weighted by Crippen LogP contribution is 2.20. The molecule has 2 aliphatic rings. The minimum absolute atomic E-state index is 0.0508. The van der Waals surface area contributed by atoms with Gasteiger partial charge in [0.05, 0.1) is 12.1 Å². The number of fused-ring (bicyclic) bond motifs is 2. The number of hydrogen-bond acceptors (Lipinski definition) is 4. The largest absolute Gasteiger partial charge is 0.376 e. The van der Waals surface area contributed by atoms with Crippen molar-refractivity contribution in [1.82, 2.24) is 20.9 Å². The van der Waals surface area contributed by atoms with E-state index in [0.29, 0.717) is 25.9 Å². The summed E-state index contributed by atoms with van der Waals surface area (Å²) in [7, 11) is 0. The van der Waals surface area contributed by atoms with Crippen LogP contribution >= 0.6 is 0 Å². The Morgan fingerprint density at radius 3 is 2.76 bits per heavy atom. The van der Waals surface area contributed by atoms with Crippen molar-refractivity contribution >= 4 is 22.7 Å². The van der Waals surface area contributed by atoms with Crippen molar-refractivity contribution in [1.29, 1.82) is 0 Å². The van der Waals surface area contributed by atoms with E-state index in [1.807, 2.05) is 42.6 Å². The van der Waals surface area contributed by atoms with Crippen LogP contribution in [0.1, 0.15) is 29.5 Å². The lowest BCUT2D eigenvalue weighted by atomic mass is 9.95. The summed E-state index contributed by atoms with van der Waals surface area (Å²) in [6, 6.07) is 15.1. The molecule has 33 heavy (non-hydrogen) atoms. The number of aromatic amines is 1. The maximum atomic E-state index is 13.2. The first-order chi connectivity index (χ1) is 16.2. The van der Waals surface area contributed by atoms with Gasteiger partial charge < -0.3 is 25.7 Å². The van der Waals surface area contributed by atoms with Crippen molar-refractivity contribution < 1.29 is 14.3 Å². The Morgan fingerprint density at radius 2 is 1.91 bits per heavy atom. The summed E-state index contributed by atoms with van der Waals surface area (Å²) in [5.74, 6) is -0.332. The zero-order valence-corrected chi connectivity index (χ0v) is 18.6. The van der Waals surface area contributed by atoms with Gasteiger partial charge in [0.25, 0.3) is 0 Å². The highest BCUT2D eigenvalue weighted by atomic mass is 16.5. The number of nitrogens with one attached hydrogen (secondary N) is 4. The van der Waals surface area contributed by atoms with Gasteiger partial charge in [-0.25, -0.2) is 0 Å². The molecule has 0 unspecified atom stereocenters. The van der Waals surface area contributed by atoms with E-state index >= 15 is 0 Å². The zero-order chi connectivity index (χ0) is 22.6. The van der Waals surface area contributed by atoms with E-state index in [1.165, 1.54) is 11.1 Å². The van der Waals surface area contributed by atoms with E-state index in [4.69, 9.17) is 4.74 Å². The fraction of sp³-hybridized carbons (Fsp3) is 0.385. The molecule has 1 aromatic heterocycles. The molecule has 3 heterocycles. The van der Waals surface area contributed by atoms with E-state index in [0.717, 1.165) is 35.9 Å². The number of amides is 2. The molecule has 1 saturated heterocycles. The maximum Gasteiger partial charge on any atom is 0.243 e. The molecule has 0 radical (unpaired) electrons. The molecule has 7 heteroatoms. The van der Waals surface area contributed by atoms with E-state index in [1.54, 1.807) is 0 Å². The van der Waals surface area contributed by atoms with Crippen LogP contribution in [0.5, 0.6) is 0 Å². The Hall–Kier alpha value is -3.16. The first kappa shape index (κ1) is 21.7. The van der Waals surface area contributed by atoms with Gasteiger partial charge in [-0.2, -0.15) is 0 Å². The monoisotopic (exact) mass is 446 g/mol. The van der Waals surface area contributed by atoms with Crippen LogP contribution in [0.25, 0.3) is 10.9 Å². The van der Waals surface area contributed by atoms with Gasteiger partial charge in [-0.3, -0.25) is 9.59 Å². The molecule has 0 aliphatic carbocycles. The van der Waals surface area contributed by atoms with Gasteiger partial charge in [0, 0.05) is 43.2 Å². The van der Waals surface area contributed by atoms with Crippen LogP contribution < -0.4 is 16.0 Å². The lowest BCUT2D eigenvalue weighted by Gasteiger charge is -2.27. The average Bonchev–Trinajstić information content (AvgIpc) is 3.52. The summed E-state index contributed by atoms with van der Waals surface area (Å²) in [5, 5.41) is 10.4. The van der Waals surface area contributed by atoms with Gasteiger partial charge in [0.1, 0.15) is 6.04 Å². The molecule has 3 aromatic rings. The van der Waals surface area contributed by atoms with Crippen molar-refractivity contribution in [3.8, 4) is 0 Å². The van der Waals surface area contributed by atoms with Crippen molar-refractivity contribution in [3.05, 3.63) is 71.4 Å². The SMILES string of the molecule is O=C(NC[C@@H]1CCCO1)[C@H](Cc1c[nH]c2ccccc12)NC(=O)[C@H]1Cc2ccccc2CN1. The molecule has 0 bridgehead atoms. The maximum absolute atomic E-state index is 13.2. The third-order valence-electron chi connectivity index (χ3n) is 6.66. The Morgan fingerprint density at radius 1 is 1.09 bits per heavy atom. The smallest absolute Gasteiger partial charge is 0.243 e. The third kappa shape index (κ3) is 4.94. The fourth-order valence-electron chi connectivity index (χ4n) is 4.78. The van der Waals surface area contributed by atoms with Crippen LogP contribution in [0.15, 0.2) is 54.7 Å². The molecule has 172 valence electrons. The molecular formula is C26H30N4O3. The van der Waals surface area contributed by atoms with Gasteiger partial charge >= 0.3 is 0 Å². The Bertz CT molecular complexity index is 1140. The number of aromatic nitrogens is 1. The number of rotatable bonds is 7. The fourth-order valence-corrected chi connectivity index (χ4v) is 4.78. The lowest BCUT2D eigenvalue weighted by Crippen LogP contribution is -2.55. The molecule has 0 saturated carbocycles. The number of carbonyl (C=O) groups is 2. The summed E-state index contributed by atoms with van der Waals surface area (Å²) in [6.45, 7) is 1.85. The van der Waals surface area contributed by atoms with Gasteiger partial charge in [-0.05, 0) is 42.0 Å². The highest BCUT2D eigenvalue weighted by molar-refractivity contribution is 5.91. The minimum Gasteiger partial charge on any atom is -0.376 e. The van der Waals surface area contributed by atoms with Crippen LogP contribution in [0, 0.1) is 0 Å². The molecule has 2 amide bonds. The van der Waals surface area contributed by atoms with Crippen LogP contribution in [-0.2, 0) is 33.7 Å². The third-order valence-corrected chi connectivity index (χ3v) is 6.66. The van der Waals surface area contributed by atoms with Crippen LogP contribution in [0.4, 0.5) is 0 Å². The second-order valence-corrected chi connectivity index (χ2v) is 8.91. The topological polar surface area (TPSA) is 95.2 Å². The number of ether oxygens (including phenoxy) is 1. The van der Waals surface area contributed by atoms with Gasteiger partial charge in [0.15, 0.2) is 0 Å². The second-order valence-electron chi connectivity index (χ2n) is 8.91. The number of benzene rings is 2. The van der Waals surface area contributed by atoms with Crippen molar-refractivity contribution in [3.63, 3.8) is 0 Å². The van der Waals surface area contributed by atoms with Gasteiger partial charge in [0.2, 0.25) is 11.8 Å². The Balaban J connectivity index is 1.30. The molecule has 1 fully saturated rings. The van der Waals surface area contributed by atoms with Gasteiger partial charge in [-0.1, -0.05) is 42.5 Å². The lowest BCUT2D eigenvalue weighted by molar-refractivity contribution is -0.130. The van der Waals surface area contributed by atoms with Crippen LogP contribution in [-0.4, -0.2) is 48.1 Å². The van der Waals surface area contributed by atoms with Crippen molar-refractivity contribution in [2.24, 2.45) is 0 Å². The van der Waals surface area contributed by atoms with E-state index in [-0.39, 0.29) is 24.0 Å². The average molecular weight is 447 g/mol. The summed E-state index contributed by atoms with van der Waals surface area (Å²) < 4.78 is 5.64. The summed E-state index contributed by atoms with van der Waals surface area (Å²) in [6.07, 6.45) is 4.97. The number of hydrogen-bond donors (Lipinski definition) is 4. The quantitative estimate of drug-likeness (QED) is 0.448. The Labute approximate surface area is 193 Å². The first-order valence-electron chi connectivity index (χ1n) is 11.7. The van der Waals surface area contributed by atoms with E-state index < -0.39 is 6.04 Å². The molecular weight excluding hydrogens is 416 g/mol. The van der Waals surface area contributed by atoms with Crippen molar-refractivity contribution in [2.45, 2.75) is 50.4 Å². The molecule has 0 spiro atoms. The molecule has 3 atom stereocenters. The number of para-hydroxylation sites is 1. The molecule has 2 aromatic carbocycles. The van der Waals surface area contributed by atoms with Crippen molar-refractivity contribution in [2.75, 3.05) is 13.2 Å². The molecule has 2 aliphatic heterocycles. The number of H-pyrrole nitrogens is 1. The standard InChI is InChI=1S/C26H30N4O3/c31-25(29-16-20-8-5-11-33-20)24(13-19-15-27-22-10-4-3-9-21(19)22)30-26(32)23-12-17-6-1-2-7-18(17)14-28-23/h1-4,6-7,9-10,15,20,23-24,27-28H,5,8,11-14,16H2,(H,29,31)(H,30,32)/t20-,23+,24-/m0/s1. The molecule has 7 nitrogen and oxygen atoms in total. The normalized spacial score (nSPS) is 20.8. The van der Waals surface area contributed by atoms with Gasteiger partial charge in [-0.15, -0.1) is 0 Å². The summed E-state index contributed by atoms with van der Waals surface area (Å²) in [4.78, 5) is 29.6. The second kappa shape index (κ2) is 9.77. The molecule has 4 N–H and O–H groups in total. The van der Waals surface area contributed by atoms with E-state index in [9.17, 15) is 9.59 Å². The predicted octanol–water partition coefficient (Wildman–Crippen LogP) is 2.20. The highest BCUT2D eigenvalue weighted by Gasteiger charge is 2.29. The van der Waals surface area contributed by atoms with E-state index in [2.05, 4.69) is 33.1 Å². The van der Waals surface area contributed by atoms with Crippen LogP contribution in [0.2, 0.25) is 0 Å². The summed E-state index contributed by atoms with van der Waals surface area (Å²) in [5.41, 5.74) is 4.41. The molecule has 5 rings (SSSR count). The number of carbonyl (C=O) groups excluding carboxylic acids is 2. The first-order valence-corrected chi connectivity index (χ1v) is 11.7. The Kier molecular flexibility index (Phi) is 6.41. The van der Waals surface area contributed by atoms with Crippen LogP contribution in [0.3, 0.4) is 0 Å². The zero-order valence-electron chi connectivity index (χ0n) is 18.6. The predicted molar refractivity (Wildman–Crippen MR) is 127 cm³/mol.